The van der Waals surface area contributed by atoms with Crippen LogP contribution in [-0.2, 0) is 0 Å². The first-order valence-corrected chi connectivity index (χ1v) is 4.40. The summed E-state index contributed by atoms with van der Waals surface area (Å²) in [4.78, 5) is 8.02. The number of hydrogen-bond acceptors (Lipinski definition) is 3. The van der Waals surface area contributed by atoms with Gasteiger partial charge in [0.15, 0.2) is 0 Å². The fraction of sp³-hybridized carbons (Fsp3) is 0. The van der Waals surface area contributed by atoms with E-state index in [-0.39, 0.29) is 5.75 Å². The molecule has 0 unspecified atom stereocenters. The van der Waals surface area contributed by atoms with Crippen LogP contribution in [0.5, 0.6) is 5.75 Å². The number of phenols is 1. The van der Waals surface area contributed by atoms with E-state index < -0.39 is 0 Å². The molecule has 1 aromatic carbocycles. The molecule has 0 bridgehead atoms. The molecule has 0 aliphatic carbocycles. The maximum Gasteiger partial charge on any atom is 0.147 e. The van der Waals surface area contributed by atoms with Gasteiger partial charge in [0.05, 0.1) is 18.1 Å². The van der Waals surface area contributed by atoms with Crippen molar-refractivity contribution < 1.29 is 5.11 Å². The monoisotopic (exact) mass is 206 g/mol. The highest BCUT2D eigenvalue weighted by molar-refractivity contribution is 6.29. The van der Waals surface area contributed by atoms with Gasteiger partial charge in [0.1, 0.15) is 10.9 Å². The van der Waals surface area contributed by atoms with E-state index in [0.29, 0.717) is 5.15 Å². The van der Waals surface area contributed by atoms with Crippen LogP contribution in [0.4, 0.5) is 0 Å². The zero-order valence-corrected chi connectivity index (χ0v) is 7.94. The van der Waals surface area contributed by atoms with E-state index in [1.807, 2.05) is 0 Å². The number of aromatic hydroxyl groups is 1. The molecule has 1 N–H and O–H groups in total. The summed E-state index contributed by atoms with van der Waals surface area (Å²) in [5, 5.41) is 9.46. The van der Waals surface area contributed by atoms with Crippen LogP contribution in [0, 0.1) is 0 Å². The first-order valence-electron chi connectivity index (χ1n) is 4.02. The standard InChI is InChI=1S/C10H7ClN2O/c11-10-6-12-9(5-13-10)7-1-3-8(14)4-2-7/h1-6,14H. The van der Waals surface area contributed by atoms with Crippen molar-refractivity contribution in [2.75, 3.05) is 0 Å². The van der Waals surface area contributed by atoms with Crippen LogP contribution in [0.2, 0.25) is 5.15 Å². The quantitative estimate of drug-likeness (QED) is 0.780. The number of rotatable bonds is 1. The van der Waals surface area contributed by atoms with Gasteiger partial charge in [-0.05, 0) is 24.3 Å². The molecule has 0 amide bonds. The fourth-order valence-electron chi connectivity index (χ4n) is 1.09. The van der Waals surface area contributed by atoms with Gasteiger partial charge in [0.2, 0.25) is 0 Å². The Hall–Kier alpha value is -1.61. The van der Waals surface area contributed by atoms with Crippen LogP contribution in [0.3, 0.4) is 0 Å². The lowest BCUT2D eigenvalue weighted by Crippen LogP contribution is -1.84. The Bertz CT molecular complexity index is 381. The highest BCUT2D eigenvalue weighted by Crippen LogP contribution is 2.19. The van der Waals surface area contributed by atoms with E-state index in [9.17, 15) is 0 Å². The van der Waals surface area contributed by atoms with Gasteiger partial charge >= 0.3 is 0 Å². The van der Waals surface area contributed by atoms with Gasteiger partial charge in [-0.15, -0.1) is 0 Å². The third-order valence-corrected chi connectivity index (χ3v) is 1.98. The molecule has 0 saturated heterocycles. The van der Waals surface area contributed by atoms with Crippen molar-refractivity contribution >= 4 is 11.6 Å². The van der Waals surface area contributed by atoms with E-state index in [2.05, 4.69) is 9.97 Å². The molecule has 0 radical (unpaired) electrons. The Balaban J connectivity index is 2.40. The van der Waals surface area contributed by atoms with Crippen LogP contribution in [0.1, 0.15) is 0 Å². The third kappa shape index (κ3) is 1.83. The van der Waals surface area contributed by atoms with Crippen molar-refractivity contribution in [3.63, 3.8) is 0 Å². The summed E-state index contributed by atoms with van der Waals surface area (Å²) in [5.41, 5.74) is 1.63. The minimum Gasteiger partial charge on any atom is -0.508 e. The van der Waals surface area contributed by atoms with E-state index in [0.717, 1.165) is 11.3 Å². The Morgan fingerprint density at radius 1 is 1.00 bits per heavy atom. The van der Waals surface area contributed by atoms with Gasteiger partial charge in [-0.25, -0.2) is 4.98 Å². The number of benzene rings is 1. The highest BCUT2D eigenvalue weighted by Gasteiger charge is 1.99. The number of aromatic nitrogens is 2. The Labute approximate surface area is 86.0 Å². The lowest BCUT2D eigenvalue weighted by Gasteiger charge is -1.99. The first-order chi connectivity index (χ1) is 6.75. The van der Waals surface area contributed by atoms with Crippen LogP contribution in [-0.4, -0.2) is 15.1 Å². The molecule has 0 saturated carbocycles. The maximum absolute atomic E-state index is 9.09. The Morgan fingerprint density at radius 2 is 1.71 bits per heavy atom. The van der Waals surface area contributed by atoms with Crippen LogP contribution >= 0.6 is 11.6 Å². The average Bonchev–Trinajstić information content (AvgIpc) is 2.21. The molecule has 1 heterocycles. The van der Waals surface area contributed by atoms with Gasteiger partial charge < -0.3 is 5.11 Å². The molecular weight excluding hydrogens is 200 g/mol. The lowest BCUT2D eigenvalue weighted by molar-refractivity contribution is 0.475. The van der Waals surface area contributed by atoms with E-state index in [1.165, 1.54) is 6.20 Å². The maximum atomic E-state index is 9.09. The van der Waals surface area contributed by atoms with Crippen molar-refractivity contribution in [2.45, 2.75) is 0 Å². The van der Waals surface area contributed by atoms with Gasteiger partial charge in [-0.3, -0.25) is 4.98 Å². The normalized spacial score (nSPS) is 10.1. The number of nitrogens with zero attached hydrogens (tertiary/aromatic N) is 2. The topological polar surface area (TPSA) is 46.0 Å². The van der Waals surface area contributed by atoms with Gasteiger partial charge in [-0.1, -0.05) is 11.6 Å². The van der Waals surface area contributed by atoms with E-state index >= 15 is 0 Å². The van der Waals surface area contributed by atoms with Crippen molar-refractivity contribution in [2.24, 2.45) is 0 Å². The highest BCUT2D eigenvalue weighted by atomic mass is 35.5. The van der Waals surface area contributed by atoms with Gasteiger partial charge in [-0.2, -0.15) is 0 Å². The van der Waals surface area contributed by atoms with Crippen LogP contribution in [0.25, 0.3) is 11.3 Å². The third-order valence-electron chi connectivity index (χ3n) is 1.78. The molecule has 14 heavy (non-hydrogen) atoms. The molecule has 3 nitrogen and oxygen atoms in total. The predicted octanol–water partition coefficient (Wildman–Crippen LogP) is 2.50. The minimum atomic E-state index is 0.232. The smallest absolute Gasteiger partial charge is 0.147 e. The largest absolute Gasteiger partial charge is 0.508 e. The van der Waals surface area contributed by atoms with Crippen LogP contribution < -0.4 is 0 Å². The molecule has 0 aliphatic heterocycles. The second-order valence-electron chi connectivity index (χ2n) is 2.77. The number of halogens is 1. The lowest BCUT2D eigenvalue weighted by atomic mass is 10.1. The van der Waals surface area contributed by atoms with E-state index in [4.69, 9.17) is 16.7 Å². The summed E-state index contributed by atoms with van der Waals surface area (Å²) in [6.45, 7) is 0. The summed E-state index contributed by atoms with van der Waals surface area (Å²) in [7, 11) is 0. The molecule has 0 fully saturated rings. The molecule has 1 aromatic heterocycles. The Kier molecular flexibility index (Phi) is 2.33. The fourth-order valence-corrected chi connectivity index (χ4v) is 1.19. The van der Waals surface area contributed by atoms with E-state index in [1.54, 1.807) is 30.5 Å². The van der Waals surface area contributed by atoms with Crippen molar-refractivity contribution in [1.29, 1.82) is 0 Å². The van der Waals surface area contributed by atoms with Gasteiger partial charge in [0.25, 0.3) is 0 Å². The molecule has 2 aromatic rings. The number of phenolic OH excluding ortho intramolecular Hbond substituents is 1. The average molecular weight is 207 g/mol. The number of hydrogen-bond donors (Lipinski definition) is 1. The van der Waals surface area contributed by atoms with Crippen molar-refractivity contribution in [3.05, 3.63) is 41.8 Å². The molecule has 0 aliphatic rings. The summed E-state index contributed by atoms with van der Waals surface area (Å²) < 4.78 is 0. The summed E-state index contributed by atoms with van der Waals surface area (Å²) in [6.07, 6.45) is 3.08. The van der Waals surface area contributed by atoms with Crippen molar-refractivity contribution in [1.82, 2.24) is 9.97 Å². The predicted molar refractivity (Wildman–Crippen MR) is 54.1 cm³/mol. The molecule has 0 spiro atoms. The minimum absolute atomic E-state index is 0.232. The molecule has 70 valence electrons. The summed E-state index contributed by atoms with van der Waals surface area (Å²) in [6, 6.07) is 6.75. The second kappa shape index (κ2) is 3.64. The molecule has 4 heteroatoms. The summed E-state index contributed by atoms with van der Waals surface area (Å²) >= 11 is 5.61. The first kappa shape index (κ1) is 8.97. The molecule has 0 atom stereocenters. The van der Waals surface area contributed by atoms with Crippen molar-refractivity contribution in [3.8, 4) is 17.0 Å². The molecule has 2 rings (SSSR count). The zero-order chi connectivity index (χ0) is 9.97. The SMILES string of the molecule is Oc1ccc(-c2cnc(Cl)cn2)cc1. The Morgan fingerprint density at radius 3 is 2.29 bits per heavy atom. The van der Waals surface area contributed by atoms with Gasteiger partial charge in [0, 0.05) is 5.56 Å². The summed E-state index contributed by atoms with van der Waals surface area (Å²) in [5.74, 6) is 0.232. The van der Waals surface area contributed by atoms with Crippen LogP contribution in [0.15, 0.2) is 36.7 Å². The second-order valence-corrected chi connectivity index (χ2v) is 3.16. The zero-order valence-electron chi connectivity index (χ0n) is 7.18. The molecular formula is C10H7ClN2O.